The normalized spacial score (nSPS) is 20.8. The number of hydrogen-bond acceptors (Lipinski definition) is 4. The van der Waals surface area contributed by atoms with Crippen LogP contribution in [0.25, 0.3) is 0 Å². The lowest BCUT2D eigenvalue weighted by Crippen LogP contribution is -2.47. The van der Waals surface area contributed by atoms with Gasteiger partial charge in [0.15, 0.2) is 6.61 Å². The molecule has 6 nitrogen and oxygen atoms in total. The summed E-state index contributed by atoms with van der Waals surface area (Å²) in [4.78, 5) is 24.6. The fourth-order valence-electron chi connectivity index (χ4n) is 3.26. The number of carboxylic acid groups (broad SMARTS) is 2. The molecule has 2 rings (SSSR count). The molecule has 0 bridgehead atoms. The zero-order chi connectivity index (χ0) is 18.4. The fourth-order valence-corrected chi connectivity index (χ4v) is 3.45. The Labute approximate surface area is 151 Å². The summed E-state index contributed by atoms with van der Waals surface area (Å²) in [7, 11) is 0. The molecule has 0 aromatic heterocycles. The average molecular weight is 368 g/mol. The Balaban J connectivity index is 2.17. The molecule has 1 heterocycles. The first-order chi connectivity index (χ1) is 11.9. The zero-order valence-corrected chi connectivity index (χ0v) is 14.7. The number of hydrogen-bond donors (Lipinski definition) is 2. The molecule has 1 saturated heterocycles. The third-order valence-corrected chi connectivity index (χ3v) is 4.65. The number of benzene rings is 1. The lowest BCUT2D eigenvalue weighted by Gasteiger charge is -2.39. The van der Waals surface area contributed by atoms with Gasteiger partial charge in [-0.25, -0.2) is 4.79 Å². The van der Waals surface area contributed by atoms with Crippen molar-refractivity contribution in [2.24, 2.45) is 5.41 Å². The Kier molecular flexibility index (Phi) is 6.45. The number of aliphatic carboxylic acids is 2. The molecular weight excluding hydrogens is 346 g/mol. The maximum absolute atomic E-state index is 11.8. The van der Waals surface area contributed by atoms with Gasteiger partial charge in [0.25, 0.3) is 0 Å². The highest BCUT2D eigenvalue weighted by Gasteiger charge is 2.41. The maximum Gasteiger partial charge on any atom is 0.341 e. The van der Waals surface area contributed by atoms with Crippen LogP contribution in [0.4, 0.5) is 0 Å². The van der Waals surface area contributed by atoms with Gasteiger partial charge < -0.3 is 14.9 Å². The molecule has 0 amide bonds. The van der Waals surface area contributed by atoms with E-state index >= 15 is 0 Å². The van der Waals surface area contributed by atoms with Gasteiger partial charge in [-0.2, -0.15) is 0 Å². The summed E-state index contributed by atoms with van der Waals surface area (Å²) in [6.07, 6.45) is 3.45. The largest absolute Gasteiger partial charge is 0.482 e. The van der Waals surface area contributed by atoms with Crippen molar-refractivity contribution < 1.29 is 24.5 Å². The first-order valence-corrected chi connectivity index (χ1v) is 8.44. The van der Waals surface area contributed by atoms with E-state index in [4.69, 9.17) is 21.4 Å². The fraction of sp³-hybridized carbons (Fsp3) is 0.444. The SMILES string of the molecule is C=CC[C@]1(C(=O)O)CCCN(Cc2cc(Cl)ccc2OCC(=O)O)C1. The van der Waals surface area contributed by atoms with E-state index in [0.29, 0.717) is 36.7 Å². The number of nitrogens with zero attached hydrogens (tertiary/aromatic N) is 1. The lowest BCUT2D eigenvalue weighted by atomic mass is 9.77. The van der Waals surface area contributed by atoms with Gasteiger partial charge in [0.2, 0.25) is 0 Å². The molecule has 0 saturated carbocycles. The van der Waals surface area contributed by atoms with Crippen molar-refractivity contribution in [1.82, 2.24) is 4.90 Å². The molecule has 0 spiro atoms. The third kappa shape index (κ3) is 4.96. The summed E-state index contributed by atoms with van der Waals surface area (Å²) in [5, 5.41) is 19.0. The molecule has 1 aromatic rings. The minimum Gasteiger partial charge on any atom is -0.482 e. The number of halogens is 1. The molecule has 0 aliphatic carbocycles. The highest BCUT2D eigenvalue weighted by molar-refractivity contribution is 6.30. The van der Waals surface area contributed by atoms with Gasteiger partial charge in [-0.3, -0.25) is 9.69 Å². The molecule has 2 N–H and O–H groups in total. The molecule has 1 aliphatic heterocycles. The molecule has 0 unspecified atom stereocenters. The van der Waals surface area contributed by atoms with Crippen LogP contribution in [0, 0.1) is 5.41 Å². The summed E-state index contributed by atoms with van der Waals surface area (Å²) in [6, 6.07) is 5.00. The molecule has 1 aliphatic rings. The van der Waals surface area contributed by atoms with E-state index < -0.39 is 24.0 Å². The van der Waals surface area contributed by atoms with Crippen LogP contribution in [0.15, 0.2) is 30.9 Å². The summed E-state index contributed by atoms with van der Waals surface area (Å²) < 4.78 is 5.32. The van der Waals surface area contributed by atoms with Crippen LogP contribution in [0.2, 0.25) is 5.02 Å². The van der Waals surface area contributed by atoms with Crippen LogP contribution in [0.5, 0.6) is 5.75 Å². The highest BCUT2D eigenvalue weighted by atomic mass is 35.5. The van der Waals surface area contributed by atoms with Crippen LogP contribution >= 0.6 is 11.6 Å². The van der Waals surface area contributed by atoms with E-state index in [9.17, 15) is 14.7 Å². The summed E-state index contributed by atoms with van der Waals surface area (Å²) in [6.45, 7) is 4.85. The van der Waals surface area contributed by atoms with E-state index in [1.807, 2.05) is 4.90 Å². The molecule has 1 aromatic carbocycles. The Morgan fingerprint density at radius 1 is 1.40 bits per heavy atom. The number of piperidine rings is 1. The quantitative estimate of drug-likeness (QED) is 0.687. The van der Waals surface area contributed by atoms with Gasteiger partial charge in [-0.15, -0.1) is 6.58 Å². The molecule has 136 valence electrons. The van der Waals surface area contributed by atoms with E-state index in [0.717, 1.165) is 18.5 Å². The van der Waals surface area contributed by atoms with Crippen molar-refractivity contribution >= 4 is 23.5 Å². The van der Waals surface area contributed by atoms with Crippen LogP contribution < -0.4 is 4.74 Å². The Bertz CT molecular complexity index is 663. The summed E-state index contributed by atoms with van der Waals surface area (Å²) in [5.41, 5.74) is -0.0887. The Morgan fingerprint density at radius 2 is 2.16 bits per heavy atom. The minimum absolute atomic E-state index is 0.402. The molecule has 1 atom stereocenters. The number of allylic oxidation sites excluding steroid dienone is 1. The van der Waals surface area contributed by atoms with Crippen molar-refractivity contribution in [2.75, 3.05) is 19.7 Å². The van der Waals surface area contributed by atoms with Crippen molar-refractivity contribution in [2.45, 2.75) is 25.8 Å². The number of ether oxygens (including phenoxy) is 1. The first kappa shape index (κ1) is 19.3. The van der Waals surface area contributed by atoms with Crippen molar-refractivity contribution in [1.29, 1.82) is 0 Å². The van der Waals surface area contributed by atoms with Crippen LogP contribution in [-0.2, 0) is 16.1 Å². The highest BCUT2D eigenvalue weighted by Crippen LogP contribution is 2.36. The first-order valence-electron chi connectivity index (χ1n) is 8.06. The number of rotatable bonds is 8. The van der Waals surface area contributed by atoms with Gasteiger partial charge >= 0.3 is 11.9 Å². The van der Waals surface area contributed by atoms with Crippen LogP contribution in [-0.4, -0.2) is 46.7 Å². The predicted octanol–water partition coefficient (Wildman–Crippen LogP) is 3.05. The molecular formula is C18H22ClNO5. The van der Waals surface area contributed by atoms with E-state index in [2.05, 4.69) is 6.58 Å². The van der Waals surface area contributed by atoms with Gasteiger partial charge in [-0.05, 0) is 44.0 Å². The second-order valence-electron chi connectivity index (χ2n) is 6.33. The third-order valence-electron chi connectivity index (χ3n) is 4.41. The predicted molar refractivity (Wildman–Crippen MR) is 94.0 cm³/mol. The number of carboxylic acids is 2. The summed E-state index contributed by atoms with van der Waals surface area (Å²) >= 11 is 6.06. The standard InChI is InChI=1S/C18H22ClNO5/c1-2-6-18(17(23)24)7-3-8-20(12-18)10-13-9-14(19)4-5-15(13)25-11-16(21)22/h2,4-5,9H,1,3,6-8,10-12H2,(H,21,22)(H,23,24)/t18-/m0/s1. The lowest BCUT2D eigenvalue weighted by molar-refractivity contribution is -0.152. The van der Waals surface area contributed by atoms with Crippen molar-refractivity contribution in [3.05, 3.63) is 41.4 Å². The smallest absolute Gasteiger partial charge is 0.341 e. The molecule has 7 heteroatoms. The van der Waals surface area contributed by atoms with Gasteiger partial charge in [0, 0.05) is 23.7 Å². The van der Waals surface area contributed by atoms with Crippen LogP contribution in [0.3, 0.4) is 0 Å². The monoisotopic (exact) mass is 367 g/mol. The second-order valence-corrected chi connectivity index (χ2v) is 6.76. The van der Waals surface area contributed by atoms with Crippen molar-refractivity contribution in [3.63, 3.8) is 0 Å². The molecule has 1 fully saturated rings. The Morgan fingerprint density at radius 3 is 2.80 bits per heavy atom. The summed E-state index contributed by atoms with van der Waals surface area (Å²) in [5.74, 6) is -1.43. The van der Waals surface area contributed by atoms with Gasteiger partial charge in [0.1, 0.15) is 5.75 Å². The van der Waals surface area contributed by atoms with E-state index in [1.165, 1.54) is 0 Å². The molecule has 25 heavy (non-hydrogen) atoms. The Hall–Kier alpha value is -2.05. The maximum atomic E-state index is 11.8. The van der Waals surface area contributed by atoms with Gasteiger partial charge in [-0.1, -0.05) is 17.7 Å². The topological polar surface area (TPSA) is 87.1 Å². The number of likely N-dealkylation sites (tertiary alicyclic amines) is 1. The van der Waals surface area contributed by atoms with Crippen LogP contribution in [0.1, 0.15) is 24.8 Å². The van der Waals surface area contributed by atoms with E-state index in [1.54, 1.807) is 24.3 Å². The number of carbonyl (C=O) groups is 2. The van der Waals surface area contributed by atoms with E-state index in [-0.39, 0.29) is 0 Å². The van der Waals surface area contributed by atoms with Crippen molar-refractivity contribution in [3.8, 4) is 5.75 Å². The van der Waals surface area contributed by atoms with Gasteiger partial charge in [0.05, 0.1) is 5.41 Å². The average Bonchev–Trinajstić information content (AvgIpc) is 2.54. The zero-order valence-electron chi connectivity index (χ0n) is 13.9. The second kappa shape index (κ2) is 8.36. The molecule has 0 radical (unpaired) electrons. The minimum atomic E-state index is -1.06.